The Hall–Kier alpha value is -3.95. The summed E-state index contributed by atoms with van der Waals surface area (Å²) in [6, 6.07) is 14.3. The molecule has 0 bridgehead atoms. The Bertz CT molecular complexity index is 1430. The number of amides is 1. The topological polar surface area (TPSA) is 114 Å². The van der Waals surface area contributed by atoms with Gasteiger partial charge < -0.3 is 14.2 Å². The summed E-state index contributed by atoms with van der Waals surface area (Å²) in [5.41, 5.74) is 4.01. The van der Waals surface area contributed by atoms with E-state index in [9.17, 15) is 4.79 Å². The summed E-state index contributed by atoms with van der Waals surface area (Å²) < 4.78 is 8.18. The number of tetrazole rings is 1. The Balaban J connectivity index is 1.40. The minimum Gasteiger partial charge on any atom is -0.494 e. The van der Waals surface area contributed by atoms with Gasteiger partial charge in [0.2, 0.25) is 11.9 Å². The Morgan fingerprint density at radius 1 is 1.12 bits per heavy atom. The fraction of sp³-hybridized carbons (Fsp3) is 0.516. The van der Waals surface area contributed by atoms with Crippen molar-refractivity contribution < 1.29 is 9.53 Å². The van der Waals surface area contributed by atoms with Crippen molar-refractivity contribution in [3.05, 3.63) is 53.6 Å². The number of carbonyl (C=O) groups excluding carboxylic acids is 1. The van der Waals surface area contributed by atoms with Crippen LogP contribution in [0.4, 0.5) is 11.9 Å². The first-order valence-corrected chi connectivity index (χ1v) is 14.7. The number of rotatable bonds is 10. The van der Waals surface area contributed by atoms with Gasteiger partial charge in [0.1, 0.15) is 5.75 Å². The van der Waals surface area contributed by atoms with E-state index in [4.69, 9.17) is 9.72 Å². The fourth-order valence-corrected chi connectivity index (χ4v) is 5.81. The third-order valence-electron chi connectivity index (χ3n) is 8.36. The number of hydrogen-bond donors (Lipinski definition) is 2. The van der Waals surface area contributed by atoms with Gasteiger partial charge in [-0.3, -0.25) is 10.1 Å². The highest BCUT2D eigenvalue weighted by Crippen LogP contribution is 2.40. The Morgan fingerprint density at radius 2 is 1.88 bits per heavy atom. The van der Waals surface area contributed by atoms with Crippen molar-refractivity contribution in [1.82, 2.24) is 30.2 Å². The molecule has 218 valence electrons. The molecule has 2 aromatic heterocycles. The molecule has 2 heterocycles. The van der Waals surface area contributed by atoms with E-state index in [2.05, 4.69) is 82.3 Å². The van der Waals surface area contributed by atoms with Crippen LogP contribution in [0, 0.1) is 11.3 Å². The maximum atomic E-state index is 12.6. The number of hydrogen-bond acceptors (Lipinski definition) is 7. The second kappa shape index (κ2) is 12.3. The Morgan fingerprint density at radius 3 is 2.54 bits per heavy atom. The van der Waals surface area contributed by atoms with Gasteiger partial charge in [-0.1, -0.05) is 51.3 Å². The lowest BCUT2D eigenvalue weighted by atomic mass is 9.71. The van der Waals surface area contributed by atoms with Crippen LogP contribution >= 0.6 is 0 Å². The van der Waals surface area contributed by atoms with Crippen LogP contribution < -0.4 is 15.0 Å². The minimum atomic E-state index is -0.264. The lowest BCUT2D eigenvalue weighted by Gasteiger charge is -2.41. The van der Waals surface area contributed by atoms with Crippen molar-refractivity contribution in [2.24, 2.45) is 18.4 Å². The lowest BCUT2D eigenvalue weighted by Crippen LogP contribution is -2.41. The van der Waals surface area contributed by atoms with Crippen LogP contribution in [-0.4, -0.2) is 48.7 Å². The van der Waals surface area contributed by atoms with Crippen molar-refractivity contribution in [2.45, 2.75) is 78.8 Å². The lowest BCUT2D eigenvalue weighted by molar-refractivity contribution is 0.102. The molecule has 0 aliphatic heterocycles. The van der Waals surface area contributed by atoms with E-state index in [-0.39, 0.29) is 11.9 Å². The summed E-state index contributed by atoms with van der Waals surface area (Å²) in [4.78, 5) is 20.2. The number of fused-ring (bicyclic) bond motifs is 1. The molecule has 0 radical (unpaired) electrons. The molecule has 1 aliphatic rings. The van der Waals surface area contributed by atoms with Crippen LogP contribution in [0.3, 0.4) is 0 Å². The van der Waals surface area contributed by atoms with Gasteiger partial charge in [-0.15, -0.1) is 0 Å². The summed E-state index contributed by atoms with van der Waals surface area (Å²) in [7, 11) is 2.10. The van der Waals surface area contributed by atoms with E-state index < -0.39 is 0 Å². The first-order chi connectivity index (χ1) is 19.7. The second-order valence-corrected chi connectivity index (χ2v) is 12.2. The summed E-state index contributed by atoms with van der Waals surface area (Å²) in [6.07, 6.45) is 6.81. The molecule has 1 amide bonds. The summed E-state index contributed by atoms with van der Waals surface area (Å²) in [5.74, 6) is 2.50. The van der Waals surface area contributed by atoms with Crippen molar-refractivity contribution in [3.8, 4) is 5.75 Å². The van der Waals surface area contributed by atoms with Gasteiger partial charge in [-0.05, 0) is 83.7 Å². The molecule has 0 spiro atoms. The third kappa shape index (κ3) is 6.69. The van der Waals surface area contributed by atoms with Gasteiger partial charge in [0.05, 0.1) is 17.6 Å². The van der Waals surface area contributed by atoms with E-state index in [1.54, 1.807) is 0 Å². The maximum Gasteiger partial charge on any atom is 0.258 e. The van der Waals surface area contributed by atoms with Crippen LogP contribution in [0.1, 0.15) is 82.1 Å². The molecular weight excluding hydrogens is 516 g/mol. The van der Waals surface area contributed by atoms with Crippen molar-refractivity contribution >= 4 is 28.8 Å². The monoisotopic (exact) mass is 558 g/mol. The molecule has 2 N–H and O–H groups in total. The standard InChI is InChI=1S/C31H42N8O2/c1-6-7-18-41-25-16-17-27-26(19-25)32-30(38(27)5)39(24-14-12-23(13-15-24)31(2,3)4)20-21-8-10-22(11-9-21)28(40)33-29-34-36-37-35-29/h8-11,16-17,19,23-24H,6-7,12-15,18,20H2,1-5H3,(H2,33,34,35,36,37,40). The zero-order valence-corrected chi connectivity index (χ0v) is 24.9. The maximum absolute atomic E-state index is 12.6. The quantitative estimate of drug-likeness (QED) is 0.225. The largest absolute Gasteiger partial charge is 0.494 e. The first kappa shape index (κ1) is 28.6. The van der Waals surface area contributed by atoms with Crippen LogP contribution in [0.2, 0.25) is 0 Å². The number of unbranched alkanes of at least 4 members (excludes halogenated alkanes) is 1. The first-order valence-electron chi connectivity index (χ1n) is 14.7. The smallest absolute Gasteiger partial charge is 0.258 e. The van der Waals surface area contributed by atoms with Gasteiger partial charge in [0.25, 0.3) is 5.91 Å². The Kier molecular flexibility index (Phi) is 8.56. The second-order valence-electron chi connectivity index (χ2n) is 12.2. The average Bonchev–Trinajstić information content (AvgIpc) is 3.59. The number of aromatic amines is 1. The number of anilines is 2. The van der Waals surface area contributed by atoms with E-state index in [1.807, 2.05) is 30.3 Å². The molecule has 1 aliphatic carbocycles. The zero-order valence-electron chi connectivity index (χ0n) is 24.9. The molecule has 5 rings (SSSR count). The normalized spacial score (nSPS) is 17.5. The molecule has 1 fully saturated rings. The number of H-pyrrole nitrogens is 1. The third-order valence-corrected chi connectivity index (χ3v) is 8.36. The average molecular weight is 559 g/mol. The molecule has 2 aromatic carbocycles. The number of carbonyl (C=O) groups is 1. The van der Waals surface area contributed by atoms with Gasteiger partial charge in [0, 0.05) is 31.3 Å². The predicted octanol–water partition coefficient (Wildman–Crippen LogP) is 6.13. The van der Waals surface area contributed by atoms with Crippen LogP contribution in [0.5, 0.6) is 5.75 Å². The molecule has 0 saturated heterocycles. The van der Waals surface area contributed by atoms with Gasteiger partial charge in [0.15, 0.2) is 0 Å². The number of aromatic nitrogens is 6. The van der Waals surface area contributed by atoms with Gasteiger partial charge in [-0.2, -0.15) is 0 Å². The van der Waals surface area contributed by atoms with Crippen LogP contribution in [-0.2, 0) is 13.6 Å². The van der Waals surface area contributed by atoms with Gasteiger partial charge in [-0.25, -0.2) is 10.1 Å². The zero-order chi connectivity index (χ0) is 29.0. The number of aryl methyl sites for hydroxylation is 1. The highest BCUT2D eigenvalue weighted by molar-refractivity contribution is 6.03. The van der Waals surface area contributed by atoms with Crippen LogP contribution in [0.25, 0.3) is 11.0 Å². The van der Waals surface area contributed by atoms with E-state index >= 15 is 0 Å². The fourth-order valence-electron chi connectivity index (χ4n) is 5.81. The highest BCUT2D eigenvalue weighted by Gasteiger charge is 2.33. The van der Waals surface area contributed by atoms with E-state index in [0.29, 0.717) is 30.2 Å². The summed E-state index contributed by atoms with van der Waals surface area (Å²) in [6.45, 7) is 10.7. The number of imidazole rings is 1. The predicted molar refractivity (Wildman–Crippen MR) is 161 cm³/mol. The summed E-state index contributed by atoms with van der Waals surface area (Å²) in [5, 5.41) is 15.9. The Labute approximate surface area is 241 Å². The SMILES string of the molecule is CCCCOc1ccc2c(c1)nc(N(Cc1ccc(C(=O)Nc3nnn[nH]3)cc1)C1CCC(C(C)(C)C)CC1)n2C. The molecule has 10 heteroatoms. The van der Waals surface area contributed by atoms with E-state index in [1.165, 1.54) is 12.8 Å². The number of ether oxygens (including phenoxy) is 1. The van der Waals surface area contributed by atoms with Gasteiger partial charge >= 0.3 is 0 Å². The van der Waals surface area contributed by atoms with Crippen molar-refractivity contribution in [3.63, 3.8) is 0 Å². The van der Waals surface area contributed by atoms with Crippen molar-refractivity contribution in [2.75, 3.05) is 16.8 Å². The minimum absolute atomic E-state index is 0.219. The molecule has 41 heavy (non-hydrogen) atoms. The number of nitrogens with zero attached hydrogens (tertiary/aromatic N) is 6. The molecule has 1 saturated carbocycles. The number of benzene rings is 2. The highest BCUT2D eigenvalue weighted by atomic mass is 16.5. The molecule has 0 unspecified atom stereocenters. The van der Waals surface area contributed by atoms with Crippen LogP contribution in [0.15, 0.2) is 42.5 Å². The molecule has 4 aromatic rings. The van der Waals surface area contributed by atoms with E-state index in [0.717, 1.165) is 59.9 Å². The summed E-state index contributed by atoms with van der Waals surface area (Å²) >= 11 is 0. The molecular formula is C31H42N8O2. The molecule has 10 nitrogen and oxygen atoms in total. The number of nitrogens with one attached hydrogen (secondary N) is 2. The van der Waals surface area contributed by atoms with Crippen molar-refractivity contribution in [1.29, 1.82) is 0 Å². The molecule has 0 atom stereocenters.